The second-order valence-electron chi connectivity index (χ2n) is 6.23. The van der Waals surface area contributed by atoms with Gasteiger partial charge in [0.25, 0.3) is 5.69 Å². The first-order valence-electron chi connectivity index (χ1n) is 8.36. The molecule has 25 heavy (non-hydrogen) atoms. The molecule has 0 radical (unpaired) electrons. The largest absolute Gasteiger partial charge is 0.341 e. The van der Waals surface area contributed by atoms with Crippen LogP contribution in [0.25, 0.3) is 0 Å². The van der Waals surface area contributed by atoms with E-state index in [2.05, 4.69) is 23.3 Å². The number of non-ortho nitro benzene ring substituents is 1. The second-order valence-corrected chi connectivity index (χ2v) is 7.22. The summed E-state index contributed by atoms with van der Waals surface area (Å²) in [4.78, 5) is 27.1. The van der Waals surface area contributed by atoms with Crippen LogP contribution < -0.4 is 0 Å². The number of hydrogen-bond donors (Lipinski definition) is 0. The number of carbonyl (C=O) groups is 1. The van der Waals surface area contributed by atoms with Crippen LogP contribution in [-0.4, -0.2) is 65.4 Å². The standard InChI is InChI=1S/C18H25N3O3S/c1-19(17(9-12-25-2)14-20-10-3-4-11-20)18(22)13-15-5-7-16(8-6-15)21(23)24/h3-8,17H,9-14H2,1-2H3/t17-/m0/s1. The predicted octanol–water partition coefficient (Wildman–Crippen LogP) is 2.59. The molecule has 0 aromatic heterocycles. The fraction of sp³-hybridized carbons (Fsp3) is 0.500. The average Bonchev–Trinajstić information content (AvgIpc) is 3.11. The van der Waals surface area contributed by atoms with E-state index in [1.807, 2.05) is 11.9 Å². The lowest BCUT2D eigenvalue weighted by Gasteiger charge is -2.31. The van der Waals surface area contributed by atoms with Crippen molar-refractivity contribution >= 4 is 23.4 Å². The Kier molecular flexibility index (Phi) is 7.46. The van der Waals surface area contributed by atoms with Crippen LogP contribution in [0.5, 0.6) is 0 Å². The minimum absolute atomic E-state index is 0.0453. The van der Waals surface area contributed by atoms with E-state index in [9.17, 15) is 14.9 Å². The first kappa shape index (κ1) is 19.5. The number of hydrogen-bond acceptors (Lipinski definition) is 5. The Morgan fingerprint density at radius 1 is 1.32 bits per heavy atom. The SMILES string of the molecule is CSCC[C@@H](CN1CC=CC1)N(C)C(=O)Cc1ccc([N+](=O)[O-])cc1. The number of nitrogens with zero attached hydrogens (tertiary/aromatic N) is 3. The van der Waals surface area contributed by atoms with Gasteiger partial charge in [-0.1, -0.05) is 24.3 Å². The van der Waals surface area contributed by atoms with Gasteiger partial charge in [-0.05, 0) is 24.0 Å². The Morgan fingerprint density at radius 3 is 2.52 bits per heavy atom. The van der Waals surface area contributed by atoms with E-state index in [4.69, 9.17) is 0 Å². The van der Waals surface area contributed by atoms with Gasteiger partial charge in [-0.2, -0.15) is 11.8 Å². The van der Waals surface area contributed by atoms with Crippen LogP contribution in [0.3, 0.4) is 0 Å². The van der Waals surface area contributed by atoms with Gasteiger partial charge in [0.05, 0.1) is 11.3 Å². The van der Waals surface area contributed by atoms with E-state index in [0.29, 0.717) is 0 Å². The summed E-state index contributed by atoms with van der Waals surface area (Å²) in [6.45, 7) is 2.76. The first-order chi connectivity index (χ1) is 12.0. The molecule has 0 fully saturated rings. The van der Waals surface area contributed by atoms with Crippen molar-refractivity contribution in [3.05, 3.63) is 52.1 Å². The lowest BCUT2D eigenvalue weighted by Crippen LogP contribution is -2.45. The third kappa shape index (κ3) is 5.86. The van der Waals surface area contributed by atoms with E-state index >= 15 is 0 Å². The molecule has 0 saturated carbocycles. The molecule has 0 spiro atoms. The maximum atomic E-state index is 12.7. The highest BCUT2D eigenvalue weighted by Gasteiger charge is 2.23. The average molecular weight is 363 g/mol. The molecule has 1 aromatic carbocycles. The third-order valence-electron chi connectivity index (χ3n) is 4.46. The Hall–Kier alpha value is -1.86. The van der Waals surface area contributed by atoms with Crippen LogP contribution in [0.2, 0.25) is 0 Å². The topological polar surface area (TPSA) is 66.7 Å². The zero-order valence-corrected chi connectivity index (χ0v) is 15.6. The number of rotatable bonds is 9. The van der Waals surface area contributed by atoms with Crippen molar-refractivity contribution in [2.75, 3.05) is 38.7 Å². The molecule has 0 unspecified atom stereocenters. The number of nitro groups is 1. The quantitative estimate of drug-likeness (QED) is 0.383. The highest BCUT2D eigenvalue weighted by Crippen LogP contribution is 2.15. The van der Waals surface area contributed by atoms with Crippen LogP contribution in [0.4, 0.5) is 5.69 Å². The molecule has 1 amide bonds. The van der Waals surface area contributed by atoms with E-state index < -0.39 is 4.92 Å². The fourth-order valence-electron chi connectivity index (χ4n) is 2.87. The summed E-state index contributed by atoms with van der Waals surface area (Å²) in [5.74, 6) is 1.06. The highest BCUT2D eigenvalue weighted by molar-refractivity contribution is 7.98. The van der Waals surface area contributed by atoms with Crippen molar-refractivity contribution in [2.45, 2.75) is 18.9 Å². The smallest absolute Gasteiger partial charge is 0.269 e. The lowest BCUT2D eigenvalue weighted by atomic mass is 10.1. The number of amides is 1. The summed E-state index contributed by atoms with van der Waals surface area (Å²) in [7, 11) is 1.86. The zero-order chi connectivity index (χ0) is 18.2. The number of likely N-dealkylation sites (N-methyl/N-ethyl adjacent to an activating group) is 1. The number of nitro benzene ring substituents is 1. The number of thioether (sulfide) groups is 1. The molecule has 0 N–H and O–H groups in total. The summed E-state index contributed by atoms with van der Waals surface area (Å²) >= 11 is 1.79. The third-order valence-corrected chi connectivity index (χ3v) is 5.11. The molecule has 0 bridgehead atoms. The summed E-state index contributed by atoms with van der Waals surface area (Å²) in [5, 5.41) is 10.7. The van der Waals surface area contributed by atoms with Gasteiger partial charge in [0.2, 0.25) is 5.91 Å². The molecule has 1 aromatic rings. The Balaban J connectivity index is 1.96. The maximum absolute atomic E-state index is 12.7. The van der Waals surface area contributed by atoms with Gasteiger partial charge in [0.15, 0.2) is 0 Å². The van der Waals surface area contributed by atoms with Gasteiger partial charge >= 0.3 is 0 Å². The van der Waals surface area contributed by atoms with Crippen LogP contribution in [-0.2, 0) is 11.2 Å². The van der Waals surface area contributed by atoms with Crippen LogP contribution in [0, 0.1) is 10.1 Å². The van der Waals surface area contributed by atoms with E-state index in [1.165, 1.54) is 12.1 Å². The summed E-state index contributed by atoms with van der Waals surface area (Å²) in [5.41, 5.74) is 0.845. The molecular weight excluding hydrogens is 338 g/mol. The van der Waals surface area contributed by atoms with E-state index in [-0.39, 0.29) is 24.1 Å². The van der Waals surface area contributed by atoms with Crippen molar-refractivity contribution < 1.29 is 9.72 Å². The minimum atomic E-state index is -0.430. The maximum Gasteiger partial charge on any atom is 0.269 e. The first-order valence-corrected chi connectivity index (χ1v) is 9.76. The molecule has 0 saturated heterocycles. The summed E-state index contributed by atoms with van der Waals surface area (Å²) < 4.78 is 0. The lowest BCUT2D eigenvalue weighted by molar-refractivity contribution is -0.384. The molecule has 1 atom stereocenters. The highest BCUT2D eigenvalue weighted by atomic mass is 32.2. The normalized spacial score (nSPS) is 15.3. The fourth-order valence-corrected chi connectivity index (χ4v) is 3.38. The van der Waals surface area contributed by atoms with Crippen molar-refractivity contribution in [3.8, 4) is 0 Å². The van der Waals surface area contributed by atoms with Crippen molar-refractivity contribution in [1.29, 1.82) is 0 Å². The molecule has 7 heteroatoms. The van der Waals surface area contributed by atoms with Crippen LogP contribution in [0.15, 0.2) is 36.4 Å². The van der Waals surface area contributed by atoms with Gasteiger partial charge in [-0.15, -0.1) is 0 Å². The van der Waals surface area contributed by atoms with Gasteiger partial charge in [-0.25, -0.2) is 0 Å². The van der Waals surface area contributed by atoms with Gasteiger partial charge < -0.3 is 4.90 Å². The van der Waals surface area contributed by atoms with Crippen LogP contribution >= 0.6 is 11.8 Å². The van der Waals surface area contributed by atoms with Crippen molar-refractivity contribution in [3.63, 3.8) is 0 Å². The molecule has 2 rings (SSSR count). The molecule has 1 heterocycles. The van der Waals surface area contributed by atoms with Gasteiger partial charge in [0.1, 0.15) is 0 Å². The predicted molar refractivity (Wildman–Crippen MR) is 102 cm³/mol. The van der Waals surface area contributed by atoms with Crippen molar-refractivity contribution in [1.82, 2.24) is 9.80 Å². The van der Waals surface area contributed by atoms with Crippen molar-refractivity contribution in [2.24, 2.45) is 0 Å². The van der Waals surface area contributed by atoms with Crippen LogP contribution in [0.1, 0.15) is 12.0 Å². The van der Waals surface area contributed by atoms with E-state index in [1.54, 1.807) is 23.9 Å². The monoisotopic (exact) mass is 363 g/mol. The Labute approximate surface area is 153 Å². The number of benzene rings is 1. The summed E-state index contributed by atoms with van der Waals surface area (Å²) in [6, 6.07) is 6.39. The van der Waals surface area contributed by atoms with Gasteiger partial charge in [0, 0.05) is 44.9 Å². The Morgan fingerprint density at radius 2 is 1.96 bits per heavy atom. The molecular formula is C18H25N3O3S. The van der Waals surface area contributed by atoms with E-state index in [0.717, 1.165) is 37.4 Å². The summed E-state index contributed by atoms with van der Waals surface area (Å²) in [6.07, 6.45) is 7.62. The Bertz CT molecular complexity index is 610. The minimum Gasteiger partial charge on any atom is -0.341 e. The number of carbonyl (C=O) groups excluding carboxylic acids is 1. The molecule has 1 aliphatic heterocycles. The second kappa shape index (κ2) is 9.58. The molecule has 136 valence electrons. The van der Waals surface area contributed by atoms with Gasteiger partial charge in [-0.3, -0.25) is 19.8 Å². The molecule has 6 nitrogen and oxygen atoms in total. The molecule has 0 aliphatic carbocycles. The molecule has 1 aliphatic rings. The zero-order valence-electron chi connectivity index (χ0n) is 14.8.